The Kier molecular flexibility index (Phi) is 12.3. The number of amides is 1. The molecule has 0 aliphatic carbocycles. The number of carboxylic acid groups (broad SMARTS) is 1. The molecule has 2 fully saturated rings. The SMILES string of the molecule is O=C(O)CCCCCC(=O)NCc1cccc(-c2ccc([C@@H]3O[C@H](CN4CCC[C@H]4CO)C[C@H](c4ccc(CO)cc4)O3)cc2)c1. The number of aliphatic hydroxyl groups is 2. The van der Waals surface area contributed by atoms with E-state index in [1.54, 1.807) is 0 Å². The smallest absolute Gasteiger partial charge is 0.303 e. The molecular formula is C37H46N2O7. The van der Waals surface area contributed by atoms with E-state index < -0.39 is 12.3 Å². The number of likely N-dealkylation sites (tertiary alicyclic amines) is 1. The van der Waals surface area contributed by atoms with Gasteiger partial charge in [-0.15, -0.1) is 0 Å². The number of aliphatic hydroxyl groups excluding tert-OH is 2. The number of benzene rings is 3. The van der Waals surface area contributed by atoms with E-state index in [2.05, 4.69) is 28.4 Å². The number of ether oxygens (including phenoxy) is 2. The Hall–Kier alpha value is -3.60. The molecule has 9 heteroatoms. The van der Waals surface area contributed by atoms with Gasteiger partial charge in [-0.3, -0.25) is 14.5 Å². The molecule has 1 amide bonds. The molecule has 9 nitrogen and oxygen atoms in total. The van der Waals surface area contributed by atoms with Crippen LogP contribution in [0.25, 0.3) is 11.1 Å². The molecule has 5 rings (SSSR count). The quantitative estimate of drug-likeness (QED) is 0.162. The van der Waals surface area contributed by atoms with Crippen LogP contribution in [-0.4, -0.2) is 63.9 Å². The summed E-state index contributed by atoms with van der Waals surface area (Å²) < 4.78 is 13.1. The molecule has 46 heavy (non-hydrogen) atoms. The number of rotatable bonds is 15. The number of nitrogens with one attached hydrogen (secondary N) is 1. The third-order valence-electron chi connectivity index (χ3n) is 8.99. The lowest BCUT2D eigenvalue weighted by atomic mass is 9.98. The van der Waals surface area contributed by atoms with E-state index in [0.717, 1.165) is 65.7 Å². The van der Waals surface area contributed by atoms with Crippen molar-refractivity contribution in [3.05, 3.63) is 95.1 Å². The van der Waals surface area contributed by atoms with Gasteiger partial charge in [-0.05, 0) is 66.1 Å². The summed E-state index contributed by atoms with van der Waals surface area (Å²) in [6.45, 7) is 2.28. The van der Waals surface area contributed by atoms with Gasteiger partial charge < -0.3 is 30.1 Å². The number of carboxylic acids is 1. The van der Waals surface area contributed by atoms with Crippen molar-refractivity contribution in [3.8, 4) is 11.1 Å². The summed E-state index contributed by atoms with van der Waals surface area (Å²) in [5.41, 5.74) is 5.93. The van der Waals surface area contributed by atoms with Crippen molar-refractivity contribution in [2.75, 3.05) is 19.7 Å². The topological polar surface area (TPSA) is 129 Å². The largest absolute Gasteiger partial charge is 0.481 e. The molecule has 0 bridgehead atoms. The fourth-order valence-corrected chi connectivity index (χ4v) is 6.36. The van der Waals surface area contributed by atoms with Crippen LogP contribution in [-0.2, 0) is 32.2 Å². The van der Waals surface area contributed by atoms with E-state index in [9.17, 15) is 19.8 Å². The Morgan fingerprint density at radius 3 is 2.35 bits per heavy atom. The fourth-order valence-electron chi connectivity index (χ4n) is 6.36. The Balaban J connectivity index is 1.22. The van der Waals surface area contributed by atoms with Crippen LogP contribution in [0.15, 0.2) is 72.8 Å². The molecule has 0 unspecified atom stereocenters. The Morgan fingerprint density at radius 1 is 0.848 bits per heavy atom. The highest BCUT2D eigenvalue weighted by molar-refractivity contribution is 5.76. The van der Waals surface area contributed by atoms with E-state index in [1.165, 1.54) is 0 Å². The maximum absolute atomic E-state index is 12.3. The molecule has 3 aromatic rings. The number of hydrogen-bond acceptors (Lipinski definition) is 7. The summed E-state index contributed by atoms with van der Waals surface area (Å²) in [6.07, 6.45) is 4.54. The number of carbonyl (C=O) groups excluding carboxylic acids is 1. The zero-order chi connectivity index (χ0) is 32.3. The lowest BCUT2D eigenvalue weighted by Crippen LogP contribution is -2.42. The zero-order valence-corrected chi connectivity index (χ0v) is 26.4. The predicted octanol–water partition coefficient (Wildman–Crippen LogP) is 5.50. The van der Waals surface area contributed by atoms with E-state index >= 15 is 0 Å². The van der Waals surface area contributed by atoms with E-state index in [-0.39, 0.29) is 43.8 Å². The monoisotopic (exact) mass is 630 g/mol. The summed E-state index contributed by atoms with van der Waals surface area (Å²) in [7, 11) is 0. The Bertz CT molecular complexity index is 1410. The molecule has 2 aliphatic rings. The standard InChI is InChI=1S/C37H46N2O7/c40-24-26-11-13-29(14-12-26)34-21-33(23-39-19-5-8-32(39)25-41)45-37(46-34)30-17-15-28(16-18-30)31-7-4-6-27(20-31)22-38-35(42)9-2-1-3-10-36(43)44/h4,6-7,11-18,20,32-34,37,40-41H,1-3,5,8-10,19,21-25H2,(H,38,42)(H,43,44)/t32-,33-,34+,37+/m0/s1. The molecule has 2 aliphatic heterocycles. The molecule has 3 aromatic carbocycles. The van der Waals surface area contributed by atoms with Gasteiger partial charge in [0.05, 0.1) is 25.4 Å². The molecule has 0 radical (unpaired) electrons. The van der Waals surface area contributed by atoms with Crippen LogP contribution in [0.3, 0.4) is 0 Å². The van der Waals surface area contributed by atoms with E-state index in [0.29, 0.717) is 32.2 Å². The molecule has 4 atom stereocenters. The van der Waals surface area contributed by atoms with E-state index in [1.807, 2.05) is 54.6 Å². The molecule has 0 spiro atoms. The first-order valence-electron chi connectivity index (χ1n) is 16.4. The predicted molar refractivity (Wildman–Crippen MR) is 175 cm³/mol. The summed E-state index contributed by atoms with van der Waals surface area (Å²) in [5, 5.41) is 31.1. The van der Waals surface area contributed by atoms with Crippen LogP contribution in [0.1, 0.15) is 86.0 Å². The van der Waals surface area contributed by atoms with Gasteiger partial charge in [0, 0.05) is 44.0 Å². The minimum atomic E-state index is -0.802. The van der Waals surface area contributed by atoms with Crippen LogP contribution in [0.2, 0.25) is 0 Å². The van der Waals surface area contributed by atoms with Gasteiger partial charge in [0.1, 0.15) is 0 Å². The molecule has 0 saturated carbocycles. The zero-order valence-electron chi connectivity index (χ0n) is 26.4. The van der Waals surface area contributed by atoms with Crippen molar-refractivity contribution < 1.29 is 34.4 Å². The molecule has 0 aromatic heterocycles. The van der Waals surface area contributed by atoms with Crippen LogP contribution in [0.5, 0.6) is 0 Å². The first-order chi connectivity index (χ1) is 22.4. The number of hydrogen-bond donors (Lipinski definition) is 4. The number of aliphatic carboxylic acids is 1. The van der Waals surface area contributed by atoms with Crippen LogP contribution >= 0.6 is 0 Å². The average Bonchev–Trinajstić information content (AvgIpc) is 3.54. The van der Waals surface area contributed by atoms with Crippen LogP contribution in [0.4, 0.5) is 0 Å². The van der Waals surface area contributed by atoms with Gasteiger partial charge in [0.2, 0.25) is 5.91 Å². The lowest BCUT2D eigenvalue weighted by Gasteiger charge is -2.38. The fraction of sp³-hybridized carbons (Fsp3) is 0.459. The minimum absolute atomic E-state index is 0.000847. The Labute approximate surface area is 271 Å². The summed E-state index contributed by atoms with van der Waals surface area (Å²) in [6, 6.07) is 24.4. The van der Waals surface area contributed by atoms with Crippen molar-refractivity contribution in [1.82, 2.24) is 10.2 Å². The molecule has 4 N–H and O–H groups in total. The van der Waals surface area contributed by atoms with E-state index in [4.69, 9.17) is 14.6 Å². The van der Waals surface area contributed by atoms with Gasteiger partial charge in [0.15, 0.2) is 6.29 Å². The highest BCUT2D eigenvalue weighted by Gasteiger charge is 2.35. The van der Waals surface area contributed by atoms with Gasteiger partial charge in [-0.2, -0.15) is 0 Å². The van der Waals surface area contributed by atoms with Crippen LogP contribution in [0, 0.1) is 0 Å². The number of unbranched alkanes of at least 4 members (excludes halogenated alkanes) is 2. The highest BCUT2D eigenvalue weighted by atomic mass is 16.7. The molecule has 2 heterocycles. The second kappa shape index (κ2) is 16.8. The summed E-state index contributed by atoms with van der Waals surface area (Å²) >= 11 is 0. The lowest BCUT2D eigenvalue weighted by molar-refractivity contribution is -0.253. The van der Waals surface area contributed by atoms with Gasteiger partial charge in [-0.1, -0.05) is 73.2 Å². The Morgan fingerprint density at radius 2 is 1.61 bits per heavy atom. The maximum Gasteiger partial charge on any atom is 0.303 e. The van der Waals surface area contributed by atoms with Gasteiger partial charge in [0.25, 0.3) is 0 Å². The third-order valence-corrected chi connectivity index (χ3v) is 8.99. The molecule has 2 saturated heterocycles. The van der Waals surface area contributed by atoms with Crippen molar-refractivity contribution in [3.63, 3.8) is 0 Å². The van der Waals surface area contributed by atoms with Crippen molar-refractivity contribution in [2.45, 2.75) is 89.1 Å². The van der Waals surface area contributed by atoms with Crippen molar-refractivity contribution in [2.24, 2.45) is 0 Å². The minimum Gasteiger partial charge on any atom is -0.481 e. The van der Waals surface area contributed by atoms with Crippen LogP contribution < -0.4 is 5.32 Å². The maximum atomic E-state index is 12.3. The second-order valence-corrected chi connectivity index (χ2v) is 12.4. The summed E-state index contributed by atoms with van der Waals surface area (Å²) in [5.74, 6) is -0.834. The average molecular weight is 631 g/mol. The number of carbonyl (C=O) groups is 2. The third kappa shape index (κ3) is 9.47. The van der Waals surface area contributed by atoms with Crippen molar-refractivity contribution in [1.29, 1.82) is 0 Å². The summed E-state index contributed by atoms with van der Waals surface area (Å²) in [4.78, 5) is 25.2. The molecule has 246 valence electrons. The second-order valence-electron chi connectivity index (χ2n) is 12.4. The van der Waals surface area contributed by atoms with Crippen molar-refractivity contribution >= 4 is 11.9 Å². The molecular weight excluding hydrogens is 584 g/mol. The first-order valence-corrected chi connectivity index (χ1v) is 16.4. The normalized spacial score (nSPS) is 21.7. The van der Waals surface area contributed by atoms with Gasteiger partial charge >= 0.3 is 5.97 Å². The first kappa shape index (κ1) is 33.8. The number of nitrogens with zero attached hydrogens (tertiary/aromatic N) is 1. The van der Waals surface area contributed by atoms with Gasteiger partial charge in [-0.25, -0.2) is 0 Å². The highest BCUT2D eigenvalue weighted by Crippen LogP contribution is 2.39.